The first-order valence-electron chi connectivity index (χ1n) is 7.20. The van der Waals surface area contributed by atoms with Crippen LogP contribution in [-0.4, -0.2) is 40.3 Å². The maximum atomic E-state index is 12.2. The van der Waals surface area contributed by atoms with Gasteiger partial charge in [-0.15, -0.1) is 21.5 Å². The molecule has 0 saturated heterocycles. The lowest BCUT2D eigenvalue weighted by molar-refractivity contribution is 0.194. The second-order valence-electron chi connectivity index (χ2n) is 4.99. The van der Waals surface area contributed by atoms with Crippen molar-refractivity contribution in [3.8, 4) is 0 Å². The molecular weight excluding hydrogens is 272 g/mol. The van der Waals surface area contributed by atoms with Gasteiger partial charge in [0.1, 0.15) is 10.0 Å². The third kappa shape index (κ3) is 4.03. The summed E-state index contributed by atoms with van der Waals surface area (Å²) in [6, 6.07) is 0.288. The van der Waals surface area contributed by atoms with Gasteiger partial charge in [0, 0.05) is 19.5 Å². The van der Waals surface area contributed by atoms with Crippen LogP contribution in [0.15, 0.2) is 12.2 Å². The third-order valence-electron chi connectivity index (χ3n) is 3.36. The number of urea groups is 1. The van der Waals surface area contributed by atoms with Crippen LogP contribution >= 0.6 is 11.3 Å². The summed E-state index contributed by atoms with van der Waals surface area (Å²) in [6.45, 7) is 5.45. The van der Waals surface area contributed by atoms with E-state index < -0.39 is 0 Å². The van der Waals surface area contributed by atoms with Gasteiger partial charge in [-0.1, -0.05) is 31.9 Å². The van der Waals surface area contributed by atoms with Crippen LogP contribution in [0.4, 0.5) is 4.79 Å². The highest BCUT2D eigenvalue weighted by atomic mass is 32.1. The van der Waals surface area contributed by atoms with Gasteiger partial charge in [-0.3, -0.25) is 0 Å². The number of hydrogen-bond donors (Lipinski definition) is 1. The maximum absolute atomic E-state index is 12.2. The Morgan fingerprint density at radius 3 is 3.10 bits per heavy atom. The minimum Gasteiger partial charge on any atom is -0.338 e. The lowest BCUT2D eigenvalue weighted by Crippen LogP contribution is -2.43. The lowest BCUT2D eigenvalue weighted by Gasteiger charge is -2.24. The van der Waals surface area contributed by atoms with Gasteiger partial charge in [0.05, 0.1) is 6.04 Å². The van der Waals surface area contributed by atoms with Gasteiger partial charge in [0.15, 0.2) is 0 Å². The van der Waals surface area contributed by atoms with Crippen LogP contribution in [0.5, 0.6) is 0 Å². The van der Waals surface area contributed by atoms with E-state index in [-0.39, 0.29) is 12.1 Å². The smallest absolute Gasteiger partial charge is 0.318 e. The van der Waals surface area contributed by atoms with Crippen molar-refractivity contribution in [2.75, 3.05) is 13.1 Å². The monoisotopic (exact) mass is 294 g/mol. The first-order chi connectivity index (χ1) is 9.70. The Hall–Kier alpha value is -1.43. The van der Waals surface area contributed by atoms with Crippen LogP contribution in [0.25, 0.3) is 0 Å². The number of rotatable bonds is 6. The van der Waals surface area contributed by atoms with E-state index in [1.54, 1.807) is 11.3 Å². The molecule has 1 aromatic rings. The van der Waals surface area contributed by atoms with E-state index in [2.05, 4.69) is 34.6 Å². The molecule has 1 atom stereocenters. The number of unbranched alkanes of at least 4 members (excludes halogenated alkanes) is 1. The first-order valence-corrected chi connectivity index (χ1v) is 8.02. The van der Waals surface area contributed by atoms with Crippen molar-refractivity contribution in [1.82, 2.24) is 20.4 Å². The maximum Gasteiger partial charge on any atom is 0.318 e. The highest BCUT2D eigenvalue weighted by molar-refractivity contribution is 7.11. The van der Waals surface area contributed by atoms with Gasteiger partial charge >= 0.3 is 6.03 Å². The molecule has 20 heavy (non-hydrogen) atoms. The summed E-state index contributed by atoms with van der Waals surface area (Å²) < 4.78 is 0. The number of carbonyl (C=O) groups is 1. The minimum atomic E-state index is 0.0253. The predicted octanol–water partition coefficient (Wildman–Crippen LogP) is 2.53. The van der Waals surface area contributed by atoms with Crippen molar-refractivity contribution in [2.45, 2.75) is 45.6 Å². The highest BCUT2D eigenvalue weighted by Crippen LogP contribution is 2.16. The number of aryl methyl sites for hydroxylation is 1. The van der Waals surface area contributed by atoms with Gasteiger partial charge < -0.3 is 10.2 Å². The Morgan fingerprint density at radius 1 is 1.55 bits per heavy atom. The van der Waals surface area contributed by atoms with Crippen LogP contribution in [0.3, 0.4) is 0 Å². The molecule has 1 aliphatic heterocycles. The van der Waals surface area contributed by atoms with E-state index in [9.17, 15) is 4.79 Å². The summed E-state index contributed by atoms with van der Waals surface area (Å²) in [5, 5.41) is 12.9. The molecule has 0 saturated carbocycles. The van der Waals surface area contributed by atoms with Gasteiger partial charge in [-0.25, -0.2) is 4.79 Å². The Balaban J connectivity index is 1.74. The highest BCUT2D eigenvalue weighted by Gasteiger charge is 2.23. The number of nitrogens with one attached hydrogen (secondary N) is 1. The SMILES string of the molecule is CCCC[C@H]1C=CCN1C(=O)NCCc1nnc(C)s1. The Kier molecular flexibility index (Phi) is 5.52. The van der Waals surface area contributed by atoms with Gasteiger partial charge in [0.2, 0.25) is 0 Å². The molecule has 1 N–H and O–H groups in total. The average Bonchev–Trinajstić information content (AvgIpc) is 3.05. The largest absolute Gasteiger partial charge is 0.338 e. The number of hydrogen-bond acceptors (Lipinski definition) is 4. The zero-order valence-electron chi connectivity index (χ0n) is 12.1. The molecule has 2 heterocycles. The number of carbonyl (C=O) groups excluding carboxylic acids is 1. The van der Waals surface area contributed by atoms with E-state index in [4.69, 9.17) is 0 Å². The van der Waals surface area contributed by atoms with Crippen molar-refractivity contribution >= 4 is 17.4 Å². The van der Waals surface area contributed by atoms with E-state index >= 15 is 0 Å². The Morgan fingerprint density at radius 2 is 2.40 bits per heavy atom. The molecule has 5 nitrogen and oxygen atoms in total. The van der Waals surface area contributed by atoms with Crippen LogP contribution in [0.2, 0.25) is 0 Å². The normalized spacial score (nSPS) is 17.7. The molecule has 2 rings (SSSR count). The Bertz CT molecular complexity index is 471. The summed E-state index contributed by atoms with van der Waals surface area (Å²) in [5.41, 5.74) is 0. The van der Waals surface area contributed by atoms with Crippen LogP contribution in [-0.2, 0) is 6.42 Å². The van der Waals surface area contributed by atoms with Gasteiger partial charge in [-0.2, -0.15) is 0 Å². The van der Waals surface area contributed by atoms with E-state index in [0.29, 0.717) is 6.54 Å². The standard InChI is InChI=1S/C14H22N4OS/c1-3-4-6-12-7-5-10-18(12)14(19)15-9-8-13-17-16-11(2)20-13/h5,7,12H,3-4,6,8-10H2,1-2H3,(H,15,19)/t12-/m0/s1. The van der Waals surface area contributed by atoms with Gasteiger partial charge in [-0.05, 0) is 13.3 Å². The van der Waals surface area contributed by atoms with E-state index in [1.807, 2.05) is 11.8 Å². The fraction of sp³-hybridized carbons (Fsp3) is 0.643. The van der Waals surface area contributed by atoms with Crippen molar-refractivity contribution in [3.05, 3.63) is 22.2 Å². The molecule has 110 valence electrons. The molecule has 1 aliphatic rings. The molecule has 0 aliphatic carbocycles. The van der Waals surface area contributed by atoms with Crippen molar-refractivity contribution in [2.24, 2.45) is 0 Å². The first kappa shape index (κ1) is 15.0. The summed E-state index contributed by atoms with van der Waals surface area (Å²) in [6.07, 6.45) is 8.34. The van der Waals surface area contributed by atoms with Crippen molar-refractivity contribution in [3.63, 3.8) is 0 Å². The molecule has 0 aromatic carbocycles. The fourth-order valence-electron chi connectivity index (χ4n) is 2.29. The fourth-order valence-corrected chi connectivity index (χ4v) is 2.99. The molecule has 2 amide bonds. The average molecular weight is 294 g/mol. The summed E-state index contributed by atoms with van der Waals surface area (Å²) >= 11 is 1.58. The molecule has 6 heteroatoms. The quantitative estimate of drug-likeness (QED) is 0.820. The van der Waals surface area contributed by atoms with E-state index in [1.165, 1.54) is 0 Å². The lowest BCUT2D eigenvalue weighted by atomic mass is 10.1. The van der Waals surface area contributed by atoms with E-state index in [0.717, 1.165) is 42.2 Å². The van der Waals surface area contributed by atoms with Crippen LogP contribution < -0.4 is 5.32 Å². The molecule has 1 aromatic heterocycles. The summed E-state index contributed by atoms with van der Waals surface area (Å²) in [7, 11) is 0. The number of nitrogens with zero attached hydrogens (tertiary/aromatic N) is 3. The zero-order chi connectivity index (χ0) is 14.4. The molecule has 0 radical (unpaired) electrons. The predicted molar refractivity (Wildman–Crippen MR) is 80.9 cm³/mol. The second-order valence-corrected chi connectivity index (χ2v) is 6.25. The van der Waals surface area contributed by atoms with Crippen LogP contribution in [0, 0.1) is 6.92 Å². The Labute approximate surface area is 124 Å². The summed E-state index contributed by atoms with van der Waals surface area (Å²) in [4.78, 5) is 14.1. The van der Waals surface area contributed by atoms with Crippen molar-refractivity contribution < 1.29 is 4.79 Å². The molecule has 0 bridgehead atoms. The molecule has 0 fully saturated rings. The minimum absolute atomic E-state index is 0.0253. The molecule has 0 spiro atoms. The number of amides is 2. The van der Waals surface area contributed by atoms with Crippen LogP contribution in [0.1, 0.15) is 36.2 Å². The third-order valence-corrected chi connectivity index (χ3v) is 4.26. The summed E-state index contributed by atoms with van der Waals surface area (Å²) in [5.74, 6) is 0. The number of aromatic nitrogens is 2. The van der Waals surface area contributed by atoms with Gasteiger partial charge in [0.25, 0.3) is 0 Å². The molecular formula is C14H22N4OS. The zero-order valence-corrected chi connectivity index (χ0v) is 12.9. The molecule has 0 unspecified atom stereocenters. The van der Waals surface area contributed by atoms with Crippen molar-refractivity contribution in [1.29, 1.82) is 0 Å². The topological polar surface area (TPSA) is 58.1 Å². The second kappa shape index (κ2) is 7.38.